The number of barbiturate groups is 1. The molecule has 1 aliphatic rings. The molecule has 3 aromatic rings. The van der Waals surface area contributed by atoms with E-state index < -0.39 is 17.8 Å². The highest BCUT2D eigenvalue weighted by Gasteiger charge is 2.37. The van der Waals surface area contributed by atoms with Crippen LogP contribution in [0.2, 0.25) is 10.0 Å². The molecule has 178 valence electrons. The van der Waals surface area contributed by atoms with Gasteiger partial charge in [0.05, 0.1) is 12.8 Å². The Morgan fingerprint density at radius 2 is 1.80 bits per heavy atom. The van der Waals surface area contributed by atoms with E-state index in [0.29, 0.717) is 39.0 Å². The number of carbonyl (C=O) groups excluding carboxylic acids is 3. The summed E-state index contributed by atoms with van der Waals surface area (Å²) in [5, 5.41) is 3.25. The van der Waals surface area contributed by atoms with Gasteiger partial charge in [-0.3, -0.25) is 14.9 Å². The van der Waals surface area contributed by atoms with Gasteiger partial charge in [0.2, 0.25) is 0 Å². The number of nitrogens with one attached hydrogen (secondary N) is 1. The molecule has 0 bridgehead atoms. The predicted octanol–water partition coefficient (Wildman–Crippen LogP) is 6.17. The van der Waals surface area contributed by atoms with E-state index in [-0.39, 0.29) is 5.57 Å². The third kappa shape index (κ3) is 5.22. The van der Waals surface area contributed by atoms with Gasteiger partial charge in [-0.05, 0) is 82.6 Å². The third-order valence-corrected chi connectivity index (χ3v) is 7.11. The number of anilines is 1. The van der Waals surface area contributed by atoms with Crippen LogP contribution in [0.4, 0.5) is 10.5 Å². The van der Waals surface area contributed by atoms with Crippen molar-refractivity contribution in [2.45, 2.75) is 13.3 Å². The van der Waals surface area contributed by atoms with E-state index in [0.717, 1.165) is 19.6 Å². The molecule has 0 aliphatic carbocycles. The first-order chi connectivity index (χ1) is 16.7. The molecule has 4 rings (SSSR count). The summed E-state index contributed by atoms with van der Waals surface area (Å²) in [5.74, 6) is -0.922. The number of hydrogen-bond acceptors (Lipinski definition) is 4. The van der Waals surface area contributed by atoms with Crippen LogP contribution < -0.4 is 15.0 Å². The molecule has 0 radical (unpaired) electrons. The number of urea groups is 1. The van der Waals surface area contributed by atoms with Crippen molar-refractivity contribution < 1.29 is 19.1 Å². The Morgan fingerprint density at radius 1 is 1.06 bits per heavy atom. The first-order valence-corrected chi connectivity index (χ1v) is 12.3. The largest absolute Gasteiger partial charge is 0.496 e. The first-order valence-electron chi connectivity index (χ1n) is 10.5. The number of nitrogens with zero attached hydrogens (tertiary/aromatic N) is 1. The number of benzene rings is 3. The topological polar surface area (TPSA) is 75.7 Å². The maximum absolute atomic E-state index is 13.3. The predicted molar refractivity (Wildman–Crippen MR) is 145 cm³/mol. The lowest BCUT2D eigenvalue weighted by atomic mass is 10.0. The van der Waals surface area contributed by atoms with E-state index in [2.05, 4.69) is 27.9 Å². The van der Waals surface area contributed by atoms with Gasteiger partial charge in [0.15, 0.2) is 0 Å². The van der Waals surface area contributed by atoms with Gasteiger partial charge in [-0.15, -0.1) is 0 Å². The lowest BCUT2D eigenvalue weighted by Gasteiger charge is -2.27. The minimum atomic E-state index is -0.829. The SMILES string of the molecule is COc1cc(/C=C2\C(=O)NC(=O)N(c3cc(Cl)ccc3C)C2=O)cc(I)c1Cc1ccccc1Cl. The molecule has 9 heteroatoms. The number of amides is 4. The molecule has 4 amide bonds. The van der Waals surface area contributed by atoms with Crippen molar-refractivity contribution in [3.05, 3.63) is 96.0 Å². The van der Waals surface area contributed by atoms with Crippen LogP contribution in [0.3, 0.4) is 0 Å². The number of aryl methyl sites for hydroxylation is 1. The van der Waals surface area contributed by atoms with Crippen molar-refractivity contribution in [2.75, 3.05) is 12.0 Å². The monoisotopic (exact) mass is 620 g/mol. The number of rotatable bonds is 5. The van der Waals surface area contributed by atoms with Gasteiger partial charge in [0.1, 0.15) is 11.3 Å². The Kier molecular flexibility index (Phi) is 7.49. The number of carbonyl (C=O) groups is 3. The zero-order chi connectivity index (χ0) is 25.3. The summed E-state index contributed by atoms with van der Waals surface area (Å²) in [6.07, 6.45) is 1.99. The highest BCUT2D eigenvalue weighted by molar-refractivity contribution is 14.1. The summed E-state index contributed by atoms with van der Waals surface area (Å²) in [6, 6.07) is 15.2. The molecule has 1 fully saturated rings. The molecule has 1 N–H and O–H groups in total. The molecule has 1 aliphatic heterocycles. The van der Waals surface area contributed by atoms with Crippen molar-refractivity contribution in [3.8, 4) is 5.75 Å². The molecule has 0 aromatic heterocycles. The number of imide groups is 2. The van der Waals surface area contributed by atoms with Gasteiger partial charge in [-0.1, -0.05) is 47.5 Å². The van der Waals surface area contributed by atoms with E-state index >= 15 is 0 Å². The van der Waals surface area contributed by atoms with Gasteiger partial charge < -0.3 is 4.74 Å². The Balaban J connectivity index is 1.73. The van der Waals surface area contributed by atoms with Crippen LogP contribution in [-0.2, 0) is 16.0 Å². The molecule has 1 heterocycles. The van der Waals surface area contributed by atoms with Gasteiger partial charge in [-0.25, -0.2) is 9.69 Å². The Morgan fingerprint density at radius 3 is 2.51 bits per heavy atom. The second-order valence-electron chi connectivity index (χ2n) is 7.84. The molecule has 0 saturated carbocycles. The normalized spacial score (nSPS) is 14.9. The van der Waals surface area contributed by atoms with E-state index in [1.54, 1.807) is 32.2 Å². The van der Waals surface area contributed by atoms with Gasteiger partial charge >= 0.3 is 6.03 Å². The van der Waals surface area contributed by atoms with E-state index in [1.165, 1.54) is 12.1 Å². The highest BCUT2D eigenvalue weighted by atomic mass is 127. The Labute approximate surface area is 226 Å². The maximum atomic E-state index is 13.3. The van der Waals surface area contributed by atoms with E-state index in [1.807, 2.05) is 30.3 Å². The smallest absolute Gasteiger partial charge is 0.335 e. The molecular formula is C26H19Cl2IN2O4. The van der Waals surface area contributed by atoms with Crippen LogP contribution in [0.1, 0.15) is 22.3 Å². The van der Waals surface area contributed by atoms with Crippen molar-refractivity contribution in [3.63, 3.8) is 0 Å². The number of ether oxygens (including phenoxy) is 1. The zero-order valence-corrected chi connectivity index (χ0v) is 22.4. The summed E-state index contributed by atoms with van der Waals surface area (Å²) in [7, 11) is 1.55. The van der Waals surface area contributed by atoms with Crippen LogP contribution in [-0.4, -0.2) is 25.0 Å². The summed E-state index contributed by atoms with van der Waals surface area (Å²) in [4.78, 5) is 39.4. The highest BCUT2D eigenvalue weighted by Crippen LogP contribution is 2.32. The maximum Gasteiger partial charge on any atom is 0.335 e. The van der Waals surface area contributed by atoms with Crippen molar-refractivity contribution in [2.24, 2.45) is 0 Å². The van der Waals surface area contributed by atoms with Gasteiger partial charge in [0.25, 0.3) is 11.8 Å². The van der Waals surface area contributed by atoms with Crippen molar-refractivity contribution >= 4 is 75.4 Å². The third-order valence-electron chi connectivity index (χ3n) is 5.55. The fourth-order valence-corrected chi connectivity index (χ4v) is 4.95. The quantitative estimate of drug-likeness (QED) is 0.210. The van der Waals surface area contributed by atoms with Crippen molar-refractivity contribution in [1.29, 1.82) is 0 Å². The molecule has 35 heavy (non-hydrogen) atoms. The number of hydrogen-bond donors (Lipinski definition) is 1. The van der Waals surface area contributed by atoms with Crippen LogP contribution in [0.15, 0.2) is 60.2 Å². The lowest BCUT2D eigenvalue weighted by Crippen LogP contribution is -2.54. The molecule has 0 atom stereocenters. The Bertz CT molecular complexity index is 1400. The first kappa shape index (κ1) is 25.2. The number of halogens is 3. The molecular weight excluding hydrogens is 602 g/mol. The summed E-state index contributed by atoms with van der Waals surface area (Å²) < 4.78 is 6.49. The fraction of sp³-hybridized carbons (Fsp3) is 0.115. The van der Waals surface area contributed by atoms with Crippen LogP contribution >= 0.6 is 45.8 Å². The summed E-state index contributed by atoms with van der Waals surface area (Å²) >= 11 is 14.6. The minimum absolute atomic E-state index is 0.180. The molecule has 0 unspecified atom stereocenters. The standard InChI is InChI=1S/C26H19Cl2IN2O4/c1-14-7-8-17(27)13-22(14)31-25(33)19(24(32)30-26(31)34)9-15-10-21(29)18(23(11-15)35-2)12-16-5-3-4-6-20(16)28/h3-11,13H,12H2,1-2H3,(H,30,32,34)/b19-9+. The van der Waals surface area contributed by atoms with Crippen LogP contribution in [0.25, 0.3) is 6.08 Å². The molecule has 1 saturated heterocycles. The second-order valence-corrected chi connectivity index (χ2v) is 9.85. The van der Waals surface area contributed by atoms with Gasteiger partial charge in [0, 0.05) is 25.6 Å². The molecule has 3 aromatic carbocycles. The Hall–Kier alpha value is -2.88. The van der Waals surface area contributed by atoms with Crippen LogP contribution in [0, 0.1) is 10.5 Å². The number of methoxy groups -OCH3 is 1. The van der Waals surface area contributed by atoms with Gasteiger partial charge in [-0.2, -0.15) is 0 Å². The summed E-state index contributed by atoms with van der Waals surface area (Å²) in [6.45, 7) is 1.75. The summed E-state index contributed by atoms with van der Waals surface area (Å²) in [5.41, 5.74) is 3.23. The zero-order valence-electron chi connectivity index (χ0n) is 18.7. The average molecular weight is 621 g/mol. The minimum Gasteiger partial charge on any atom is -0.496 e. The molecule has 0 spiro atoms. The fourth-order valence-electron chi connectivity index (χ4n) is 3.77. The van der Waals surface area contributed by atoms with Crippen LogP contribution in [0.5, 0.6) is 5.75 Å². The average Bonchev–Trinajstić information content (AvgIpc) is 2.81. The van der Waals surface area contributed by atoms with E-state index in [4.69, 9.17) is 27.9 Å². The molecule has 6 nitrogen and oxygen atoms in total. The van der Waals surface area contributed by atoms with Crippen molar-refractivity contribution in [1.82, 2.24) is 5.32 Å². The lowest BCUT2D eigenvalue weighted by molar-refractivity contribution is -0.122. The van der Waals surface area contributed by atoms with E-state index in [9.17, 15) is 14.4 Å². The second kappa shape index (κ2) is 10.4.